The first-order valence-corrected chi connectivity index (χ1v) is 5.57. The van der Waals surface area contributed by atoms with Crippen LogP contribution in [0.15, 0.2) is 52.1 Å². The predicted molar refractivity (Wildman–Crippen MR) is 63.9 cm³/mol. The van der Waals surface area contributed by atoms with Crippen LogP contribution in [-0.2, 0) is 11.3 Å². The zero-order valence-corrected chi connectivity index (χ0v) is 9.45. The number of amides is 3. The Labute approximate surface area is 103 Å². The number of rotatable bonds is 2. The van der Waals surface area contributed by atoms with Crippen LogP contribution in [0.2, 0.25) is 0 Å². The van der Waals surface area contributed by atoms with E-state index in [-0.39, 0.29) is 12.5 Å². The number of urea groups is 1. The van der Waals surface area contributed by atoms with Gasteiger partial charge in [0.2, 0.25) is 5.91 Å². The third-order valence-corrected chi connectivity index (χ3v) is 2.88. The summed E-state index contributed by atoms with van der Waals surface area (Å²) >= 11 is 0. The highest BCUT2D eigenvalue weighted by Crippen LogP contribution is 2.21. The van der Waals surface area contributed by atoms with Gasteiger partial charge in [0.25, 0.3) is 0 Å². The van der Waals surface area contributed by atoms with E-state index in [4.69, 9.17) is 4.42 Å². The van der Waals surface area contributed by atoms with Crippen LogP contribution in [0.25, 0.3) is 0 Å². The maximum absolute atomic E-state index is 12.2. The topological polar surface area (TPSA) is 62.9 Å². The van der Waals surface area contributed by atoms with Crippen molar-refractivity contribution in [2.75, 3.05) is 0 Å². The van der Waals surface area contributed by atoms with Gasteiger partial charge in [0, 0.05) is 0 Å². The zero-order chi connectivity index (χ0) is 12.5. The summed E-state index contributed by atoms with van der Waals surface area (Å²) in [5.41, 5.74) is 0.503. The van der Waals surface area contributed by atoms with Crippen LogP contribution in [0, 0.1) is 5.92 Å². The largest absolute Gasteiger partial charge is 0.467 e. The quantitative estimate of drug-likeness (QED) is 0.795. The molecule has 0 bridgehead atoms. The van der Waals surface area contributed by atoms with Crippen molar-refractivity contribution >= 4 is 17.6 Å². The molecule has 0 radical (unpaired) electrons. The predicted octanol–water partition coefficient (Wildman–Crippen LogP) is 1.93. The third kappa shape index (κ3) is 1.69. The van der Waals surface area contributed by atoms with Crippen molar-refractivity contribution in [1.29, 1.82) is 0 Å². The van der Waals surface area contributed by atoms with Gasteiger partial charge in [0.15, 0.2) is 0 Å². The first-order valence-electron chi connectivity index (χ1n) is 5.57. The lowest BCUT2D eigenvalue weighted by Crippen LogP contribution is -2.45. The Kier molecular flexibility index (Phi) is 2.44. The molecule has 2 heterocycles. The van der Waals surface area contributed by atoms with Crippen LogP contribution in [0.5, 0.6) is 0 Å². The van der Waals surface area contributed by atoms with Crippen molar-refractivity contribution in [3.63, 3.8) is 0 Å². The maximum Gasteiger partial charge on any atom is 0.350 e. The van der Waals surface area contributed by atoms with Crippen LogP contribution in [-0.4, -0.2) is 22.5 Å². The summed E-state index contributed by atoms with van der Waals surface area (Å²) in [5.74, 6) is -0.157. The van der Waals surface area contributed by atoms with E-state index >= 15 is 0 Å². The number of imide groups is 1. The SMILES string of the molecule is O=C1N=C2C=CC=CC2C(=O)N1Cc1ccco1. The molecule has 1 aromatic rings. The average Bonchev–Trinajstić information content (AvgIpc) is 2.87. The minimum Gasteiger partial charge on any atom is -0.467 e. The Bertz CT molecular complexity index is 581. The van der Waals surface area contributed by atoms with Crippen LogP contribution < -0.4 is 0 Å². The Morgan fingerprint density at radius 3 is 3.00 bits per heavy atom. The zero-order valence-electron chi connectivity index (χ0n) is 9.45. The molecule has 3 rings (SSSR count). The number of hydrogen-bond donors (Lipinski definition) is 0. The first-order chi connectivity index (χ1) is 8.75. The Morgan fingerprint density at radius 2 is 2.22 bits per heavy atom. The van der Waals surface area contributed by atoms with Gasteiger partial charge in [-0.1, -0.05) is 18.2 Å². The molecule has 0 fully saturated rings. The number of aliphatic imine (C=N–C) groups is 1. The van der Waals surface area contributed by atoms with E-state index in [0.29, 0.717) is 11.5 Å². The second-order valence-corrected chi connectivity index (χ2v) is 4.04. The lowest BCUT2D eigenvalue weighted by molar-refractivity contribution is -0.130. The molecule has 3 amide bonds. The molecule has 0 saturated heterocycles. The number of nitrogens with zero attached hydrogens (tertiary/aromatic N) is 2. The van der Waals surface area contributed by atoms with Crippen molar-refractivity contribution in [3.05, 3.63) is 48.5 Å². The Hall–Kier alpha value is -2.43. The van der Waals surface area contributed by atoms with E-state index in [2.05, 4.69) is 4.99 Å². The first kappa shape index (κ1) is 10.7. The van der Waals surface area contributed by atoms with Crippen molar-refractivity contribution < 1.29 is 14.0 Å². The molecule has 5 nitrogen and oxygen atoms in total. The maximum atomic E-state index is 12.2. The lowest BCUT2D eigenvalue weighted by Gasteiger charge is -2.27. The van der Waals surface area contributed by atoms with Crippen LogP contribution in [0.1, 0.15) is 5.76 Å². The number of fused-ring (bicyclic) bond motifs is 1. The van der Waals surface area contributed by atoms with Gasteiger partial charge < -0.3 is 4.42 Å². The molecule has 1 aliphatic heterocycles. The monoisotopic (exact) mass is 242 g/mol. The molecule has 2 aliphatic rings. The second-order valence-electron chi connectivity index (χ2n) is 4.04. The van der Waals surface area contributed by atoms with Crippen LogP contribution in [0.3, 0.4) is 0 Å². The second kappa shape index (κ2) is 4.10. The van der Waals surface area contributed by atoms with Gasteiger partial charge in [-0.3, -0.25) is 9.69 Å². The third-order valence-electron chi connectivity index (χ3n) is 2.88. The molecule has 1 atom stereocenters. The van der Waals surface area contributed by atoms with Crippen molar-refractivity contribution in [2.24, 2.45) is 10.9 Å². The summed E-state index contributed by atoms with van der Waals surface area (Å²) in [7, 11) is 0. The number of carbonyl (C=O) groups excluding carboxylic acids is 2. The molecular formula is C13H10N2O3. The molecule has 0 spiro atoms. The Morgan fingerprint density at radius 1 is 1.33 bits per heavy atom. The number of allylic oxidation sites excluding steroid dienone is 3. The van der Waals surface area contributed by atoms with Crippen molar-refractivity contribution in [2.45, 2.75) is 6.54 Å². The summed E-state index contributed by atoms with van der Waals surface area (Å²) in [6, 6.07) is 2.89. The molecule has 5 heteroatoms. The molecule has 0 saturated carbocycles. The summed E-state index contributed by atoms with van der Waals surface area (Å²) in [4.78, 5) is 29.0. The highest BCUT2D eigenvalue weighted by Gasteiger charge is 2.35. The van der Waals surface area contributed by atoms with E-state index in [1.54, 1.807) is 36.4 Å². The van der Waals surface area contributed by atoms with E-state index in [1.165, 1.54) is 6.26 Å². The van der Waals surface area contributed by atoms with Gasteiger partial charge in [-0.2, -0.15) is 4.99 Å². The highest BCUT2D eigenvalue weighted by molar-refractivity contribution is 6.21. The average molecular weight is 242 g/mol. The van der Waals surface area contributed by atoms with Gasteiger partial charge in [-0.05, 0) is 18.2 Å². The molecule has 0 N–H and O–H groups in total. The lowest BCUT2D eigenvalue weighted by atomic mass is 9.95. The molecule has 1 unspecified atom stereocenters. The van der Waals surface area contributed by atoms with E-state index < -0.39 is 11.9 Å². The van der Waals surface area contributed by atoms with Gasteiger partial charge in [0.1, 0.15) is 5.76 Å². The molecule has 90 valence electrons. The fourth-order valence-corrected chi connectivity index (χ4v) is 1.98. The van der Waals surface area contributed by atoms with Crippen LogP contribution in [0.4, 0.5) is 4.79 Å². The smallest absolute Gasteiger partial charge is 0.350 e. The van der Waals surface area contributed by atoms with Gasteiger partial charge in [0.05, 0.1) is 24.4 Å². The van der Waals surface area contributed by atoms with E-state index in [0.717, 1.165) is 4.90 Å². The summed E-state index contributed by atoms with van der Waals surface area (Å²) in [5, 5.41) is 0. The van der Waals surface area contributed by atoms with Crippen molar-refractivity contribution in [1.82, 2.24) is 4.90 Å². The fourth-order valence-electron chi connectivity index (χ4n) is 1.98. The van der Waals surface area contributed by atoms with Gasteiger partial charge in [-0.15, -0.1) is 0 Å². The fraction of sp³-hybridized carbons (Fsp3) is 0.154. The van der Waals surface area contributed by atoms with Crippen molar-refractivity contribution in [3.8, 4) is 0 Å². The van der Waals surface area contributed by atoms with E-state index in [1.807, 2.05) is 0 Å². The minimum absolute atomic E-state index is 0.121. The standard InChI is InChI=1S/C13H10N2O3/c16-12-10-5-1-2-6-11(10)14-13(17)15(12)8-9-4-3-7-18-9/h1-7,10H,8H2. The summed E-state index contributed by atoms with van der Waals surface area (Å²) < 4.78 is 5.14. The number of hydrogen-bond acceptors (Lipinski definition) is 3. The summed E-state index contributed by atoms with van der Waals surface area (Å²) in [6.45, 7) is 0.121. The normalized spacial score (nSPS) is 22.1. The van der Waals surface area contributed by atoms with Gasteiger partial charge in [-0.25, -0.2) is 4.79 Å². The minimum atomic E-state index is -0.539. The molecule has 1 aliphatic carbocycles. The number of carbonyl (C=O) groups is 2. The van der Waals surface area contributed by atoms with Gasteiger partial charge >= 0.3 is 6.03 Å². The summed E-state index contributed by atoms with van der Waals surface area (Å²) in [6.07, 6.45) is 8.47. The van der Waals surface area contributed by atoms with E-state index in [9.17, 15) is 9.59 Å². The highest BCUT2D eigenvalue weighted by atomic mass is 16.3. The Balaban J connectivity index is 1.90. The number of furan rings is 1. The molecule has 0 aromatic carbocycles. The molecule has 1 aromatic heterocycles. The molecule has 18 heavy (non-hydrogen) atoms. The molecular weight excluding hydrogens is 232 g/mol. The van der Waals surface area contributed by atoms with Crippen LogP contribution >= 0.6 is 0 Å².